The number of nitrogen functional groups attached to an aromatic ring is 1. The summed E-state index contributed by atoms with van der Waals surface area (Å²) in [4.78, 5) is 10.8. The Balaban J connectivity index is 3.17. The first-order valence-electron chi connectivity index (χ1n) is 4.26. The number of hydrogen-bond acceptors (Lipinski definition) is 2. The van der Waals surface area contributed by atoms with E-state index in [1.807, 2.05) is 0 Å². The van der Waals surface area contributed by atoms with Gasteiger partial charge in [0.25, 0.3) is 0 Å². The molecule has 5 heteroatoms. The summed E-state index contributed by atoms with van der Waals surface area (Å²) in [6.45, 7) is 1.31. The van der Waals surface area contributed by atoms with Gasteiger partial charge in [-0.15, -0.1) is 0 Å². The number of carbonyl (C=O) groups is 1. The van der Waals surface area contributed by atoms with Crippen molar-refractivity contribution in [3.05, 3.63) is 29.3 Å². The fourth-order valence-electron chi connectivity index (χ4n) is 1.28. The third kappa shape index (κ3) is 2.71. The molecule has 0 heterocycles. The van der Waals surface area contributed by atoms with E-state index in [1.165, 1.54) is 19.1 Å². The van der Waals surface area contributed by atoms with Gasteiger partial charge in [0.1, 0.15) is 5.78 Å². The van der Waals surface area contributed by atoms with Crippen LogP contribution in [0.25, 0.3) is 0 Å². The number of carbonyl (C=O) groups excluding carboxylic acids is 1. The number of rotatable bonds is 2. The maximum atomic E-state index is 12.4. The van der Waals surface area contributed by atoms with E-state index in [4.69, 9.17) is 5.73 Å². The molecule has 0 saturated heterocycles. The molecule has 0 unspecified atom stereocenters. The van der Waals surface area contributed by atoms with E-state index < -0.39 is 11.7 Å². The van der Waals surface area contributed by atoms with Crippen LogP contribution < -0.4 is 5.73 Å². The highest BCUT2D eigenvalue weighted by molar-refractivity contribution is 5.80. The minimum atomic E-state index is -4.48. The lowest BCUT2D eigenvalue weighted by Crippen LogP contribution is -2.11. The molecule has 1 aromatic carbocycles. The minimum absolute atomic E-state index is 0.0737. The highest BCUT2D eigenvalue weighted by Gasteiger charge is 2.33. The normalized spacial score (nSPS) is 11.5. The Morgan fingerprint density at radius 1 is 1.40 bits per heavy atom. The van der Waals surface area contributed by atoms with Crippen molar-refractivity contribution in [2.45, 2.75) is 19.5 Å². The summed E-state index contributed by atoms with van der Waals surface area (Å²) in [5.74, 6) is -0.221. The van der Waals surface area contributed by atoms with Gasteiger partial charge in [-0.1, -0.05) is 12.1 Å². The summed E-state index contributed by atoms with van der Waals surface area (Å²) in [5, 5.41) is 0. The van der Waals surface area contributed by atoms with Crippen molar-refractivity contribution >= 4 is 11.5 Å². The van der Waals surface area contributed by atoms with E-state index in [0.29, 0.717) is 0 Å². The SMILES string of the molecule is CC(=O)Cc1cccc(C(F)(F)F)c1N. The Kier molecular flexibility index (Phi) is 3.02. The molecule has 1 rings (SSSR count). The van der Waals surface area contributed by atoms with Crippen molar-refractivity contribution in [1.82, 2.24) is 0 Å². The second-order valence-corrected chi connectivity index (χ2v) is 3.25. The summed E-state index contributed by atoms with van der Waals surface area (Å²) in [5.41, 5.74) is 4.32. The molecule has 2 nitrogen and oxygen atoms in total. The van der Waals surface area contributed by atoms with Gasteiger partial charge in [-0.05, 0) is 18.6 Å². The average molecular weight is 217 g/mol. The van der Waals surface area contributed by atoms with Gasteiger partial charge in [-0.2, -0.15) is 13.2 Å². The average Bonchev–Trinajstić information content (AvgIpc) is 2.05. The number of ketones is 1. The number of para-hydroxylation sites is 1. The first kappa shape index (κ1) is 11.6. The minimum Gasteiger partial charge on any atom is -0.398 e. The smallest absolute Gasteiger partial charge is 0.398 e. The van der Waals surface area contributed by atoms with Crippen LogP contribution in [0.4, 0.5) is 18.9 Å². The lowest BCUT2D eigenvalue weighted by Gasteiger charge is -2.12. The number of alkyl halides is 3. The summed E-state index contributed by atoms with van der Waals surface area (Å²) >= 11 is 0. The third-order valence-electron chi connectivity index (χ3n) is 1.94. The fraction of sp³-hybridized carbons (Fsp3) is 0.300. The number of benzene rings is 1. The van der Waals surface area contributed by atoms with Crippen LogP contribution in [0.2, 0.25) is 0 Å². The number of halogens is 3. The molecular formula is C10H10F3NO. The largest absolute Gasteiger partial charge is 0.418 e. The molecule has 0 aromatic heterocycles. The topological polar surface area (TPSA) is 43.1 Å². The van der Waals surface area contributed by atoms with Gasteiger partial charge in [0.2, 0.25) is 0 Å². The molecule has 0 amide bonds. The molecule has 0 aliphatic rings. The zero-order valence-corrected chi connectivity index (χ0v) is 8.06. The summed E-state index contributed by atoms with van der Waals surface area (Å²) in [6, 6.07) is 3.57. The number of anilines is 1. The quantitative estimate of drug-likeness (QED) is 0.773. The van der Waals surface area contributed by atoms with Crippen LogP contribution in [-0.2, 0) is 17.4 Å². The van der Waals surface area contributed by atoms with Crippen LogP contribution in [0.15, 0.2) is 18.2 Å². The van der Waals surface area contributed by atoms with Crippen LogP contribution in [0.5, 0.6) is 0 Å². The Labute approximate surface area is 84.9 Å². The van der Waals surface area contributed by atoms with E-state index in [9.17, 15) is 18.0 Å². The van der Waals surface area contributed by atoms with E-state index in [0.717, 1.165) is 6.07 Å². The van der Waals surface area contributed by atoms with Crippen molar-refractivity contribution in [2.75, 3.05) is 5.73 Å². The van der Waals surface area contributed by atoms with Gasteiger partial charge in [0, 0.05) is 12.1 Å². The molecule has 82 valence electrons. The van der Waals surface area contributed by atoms with Gasteiger partial charge in [0.15, 0.2) is 0 Å². The standard InChI is InChI=1S/C10H10F3NO/c1-6(15)5-7-3-2-4-8(9(7)14)10(11,12)13/h2-4H,5,14H2,1H3. The van der Waals surface area contributed by atoms with Crippen LogP contribution in [-0.4, -0.2) is 5.78 Å². The van der Waals surface area contributed by atoms with Crippen LogP contribution in [0.3, 0.4) is 0 Å². The second-order valence-electron chi connectivity index (χ2n) is 3.25. The Morgan fingerprint density at radius 2 is 2.00 bits per heavy atom. The summed E-state index contributed by atoms with van der Waals surface area (Å²) in [6.07, 6.45) is -4.55. The third-order valence-corrected chi connectivity index (χ3v) is 1.94. The fourth-order valence-corrected chi connectivity index (χ4v) is 1.28. The highest BCUT2D eigenvalue weighted by atomic mass is 19.4. The van der Waals surface area contributed by atoms with Gasteiger partial charge < -0.3 is 5.73 Å². The van der Waals surface area contributed by atoms with Crippen molar-refractivity contribution in [1.29, 1.82) is 0 Å². The Hall–Kier alpha value is -1.52. The van der Waals surface area contributed by atoms with Crippen LogP contribution >= 0.6 is 0 Å². The van der Waals surface area contributed by atoms with Crippen LogP contribution in [0.1, 0.15) is 18.1 Å². The van der Waals surface area contributed by atoms with Crippen molar-refractivity contribution < 1.29 is 18.0 Å². The zero-order chi connectivity index (χ0) is 11.6. The lowest BCUT2D eigenvalue weighted by molar-refractivity contribution is -0.137. The molecule has 0 bridgehead atoms. The molecule has 1 aromatic rings. The summed E-state index contributed by atoms with van der Waals surface area (Å²) in [7, 11) is 0. The predicted octanol–water partition coefficient (Wildman–Crippen LogP) is 2.42. The van der Waals surface area contributed by atoms with Crippen molar-refractivity contribution in [3.8, 4) is 0 Å². The molecule has 0 saturated carbocycles. The van der Waals surface area contributed by atoms with E-state index >= 15 is 0 Å². The zero-order valence-electron chi connectivity index (χ0n) is 8.06. The van der Waals surface area contributed by atoms with Gasteiger partial charge in [0.05, 0.1) is 5.56 Å². The predicted molar refractivity (Wildman–Crippen MR) is 50.2 cm³/mol. The second kappa shape index (κ2) is 3.92. The molecule has 15 heavy (non-hydrogen) atoms. The van der Waals surface area contributed by atoms with E-state index in [-0.39, 0.29) is 23.5 Å². The first-order chi connectivity index (χ1) is 6.82. The van der Waals surface area contributed by atoms with Crippen LogP contribution in [0, 0.1) is 0 Å². The van der Waals surface area contributed by atoms with Gasteiger partial charge >= 0.3 is 6.18 Å². The molecular weight excluding hydrogens is 207 g/mol. The maximum absolute atomic E-state index is 12.4. The molecule has 0 fully saturated rings. The summed E-state index contributed by atoms with van der Waals surface area (Å²) < 4.78 is 37.2. The molecule has 0 aliphatic carbocycles. The van der Waals surface area contributed by atoms with E-state index in [2.05, 4.69) is 0 Å². The molecule has 0 spiro atoms. The Morgan fingerprint density at radius 3 is 2.47 bits per heavy atom. The highest BCUT2D eigenvalue weighted by Crippen LogP contribution is 2.34. The molecule has 0 atom stereocenters. The van der Waals surface area contributed by atoms with Gasteiger partial charge in [-0.25, -0.2) is 0 Å². The van der Waals surface area contributed by atoms with Gasteiger partial charge in [-0.3, -0.25) is 4.79 Å². The molecule has 0 aliphatic heterocycles. The van der Waals surface area contributed by atoms with Crippen molar-refractivity contribution in [2.24, 2.45) is 0 Å². The first-order valence-corrected chi connectivity index (χ1v) is 4.26. The maximum Gasteiger partial charge on any atom is 0.418 e. The molecule has 0 radical (unpaired) electrons. The Bertz CT molecular complexity index is 385. The van der Waals surface area contributed by atoms with E-state index in [1.54, 1.807) is 0 Å². The number of Topliss-reactive ketones (excluding diaryl/α,β-unsaturated/α-hetero) is 1. The number of nitrogens with two attached hydrogens (primary N) is 1. The monoisotopic (exact) mass is 217 g/mol. The number of hydrogen-bond donors (Lipinski definition) is 1. The molecule has 2 N–H and O–H groups in total. The van der Waals surface area contributed by atoms with Crippen molar-refractivity contribution in [3.63, 3.8) is 0 Å². The lowest BCUT2D eigenvalue weighted by atomic mass is 10.0.